The van der Waals surface area contributed by atoms with E-state index in [0.717, 1.165) is 18.9 Å². The Morgan fingerprint density at radius 1 is 0.981 bits per heavy atom. The van der Waals surface area contributed by atoms with Gasteiger partial charge in [0.15, 0.2) is 6.10 Å². The molecule has 1 aromatic rings. The minimum absolute atomic E-state index is 0.00403. The first-order valence-electron chi connectivity index (χ1n) is 18.2. The van der Waals surface area contributed by atoms with Crippen LogP contribution >= 0.6 is 0 Å². The van der Waals surface area contributed by atoms with Crippen molar-refractivity contribution in [3.8, 4) is 0 Å². The molecule has 13 nitrogen and oxygen atoms in total. The summed E-state index contributed by atoms with van der Waals surface area (Å²) in [4.78, 5) is 79.4. The maximum Gasteiger partial charge on any atom is 0.405 e. The molecule has 292 valence electrons. The Labute approximate surface area is 317 Å². The van der Waals surface area contributed by atoms with Gasteiger partial charge in [0.1, 0.15) is 12.2 Å². The second-order valence-corrected chi connectivity index (χ2v) is 13.7. The van der Waals surface area contributed by atoms with Crippen LogP contribution in [-0.2, 0) is 38.1 Å². The van der Waals surface area contributed by atoms with Gasteiger partial charge in [-0.05, 0) is 56.7 Å². The molecule has 4 N–H and O–H groups in total. The third-order valence-corrected chi connectivity index (χ3v) is 9.29. The van der Waals surface area contributed by atoms with Crippen molar-refractivity contribution in [2.24, 2.45) is 17.6 Å². The zero-order valence-electron chi connectivity index (χ0n) is 32.1. The molecule has 3 amide bonds. The molecule has 0 saturated heterocycles. The van der Waals surface area contributed by atoms with Gasteiger partial charge in [0.25, 0.3) is 11.8 Å². The predicted octanol–water partition coefficient (Wildman–Crippen LogP) is 5.32. The molecule has 0 saturated carbocycles. The van der Waals surface area contributed by atoms with Gasteiger partial charge >= 0.3 is 12.1 Å². The number of ether oxygens (including phenoxy) is 4. The Morgan fingerprint density at radius 2 is 1.69 bits per heavy atom. The van der Waals surface area contributed by atoms with Gasteiger partial charge in [-0.15, -0.1) is 0 Å². The van der Waals surface area contributed by atoms with E-state index in [1.165, 1.54) is 33.3 Å². The fourth-order valence-electron chi connectivity index (χ4n) is 6.40. The highest BCUT2D eigenvalue weighted by Gasteiger charge is 2.36. The fraction of sp³-hybridized carbons (Fsp3) is 0.463. The standard InChI is InChI=1S/C41H53N3O10/c1-8-9-11-19-34(46)53-38-27(5)22-26(4)37(54-41(42)50)32(51-6)18-14-15-25(3)39(48)43-30-23-31(45)35(44-40(49)28-16-12-10-13-17-28)29(36(30)47)20-24(2)21-33(38)52-7/h10,12-18,22-24,27,32-33,37-38H,8-9,11,19-21H2,1-7H3,(H2,42,50)(H,43,48)(H,44,49)/b18-14-,25-15+,26-22+/t24-,27+,32+,33+,37+,38-/m1/s1. The summed E-state index contributed by atoms with van der Waals surface area (Å²) in [6.07, 6.45) is 5.86. The van der Waals surface area contributed by atoms with E-state index < -0.39 is 65.8 Å². The molecule has 0 spiro atoms. The van der Waals surface area contributed by atoms with E-state index in [0.29, 0.717) is 12.0 Å². The van der Waals surface area contributed by atoms with E-state index in [9.17, 15) is 28.8 Å². The normalized spacial score (nSPS) is 27.0. The molecule has 54 heavy (non-hydrogen) atoms. The van der Waals surface area contributed by atoms with Gasteiger partial charge < -0.3 is 35.3 Å². The van der Waals surface area contributed by atoms with Gasteiger partial charge in [-0.1, -0.05) is 76.1 Å². The Bertz CT molecular complexity index is 1710. The molecule has 3 rings (SSSR count). The molecule has 0 unspecified atom stereocenters. The van der Waals surface area contributed by atoms with Crippen molar-refractivity contribution >= 4 is 35.4 Å². The van der Waals surface area contributed by atoms with Crippen molar-refractivity contribution in [2.75, 3.05) is 14.2 Å². The topological polar surface area (TPSA) is 189 Å². The average molecular weight is 748 g/mol. The number of hydrogen-bond donors (Lipinski definition) is 3. The summed E-state index contributed by atoms with van der Waals surface area (Å²) in [7, 11) is 2.91. The number of carbonyl (C=O) groups excluding carboxylic acids is 6. The molecule has 6 atom stereocenters. The quantitative estimate of drug-likeness (QED) is 0.122. The molecule has 13 heteroatoms. The van der Waals surface area contributed by atoms with Gasteiger partial charge in [-0.25, -0.2) is 4.79 Å². The molecule has 1 aliphatic heterocycles. The number of primary amides is 1. The smallest absolute Gasteiger partial charge is 0.405 e. The molecular formula is C41H53N3O10. The van der Waals surface area contributed by atoms with Crippen LogP contribution in [0.1, 0.15) is 83.5 Å². The van der Waals surface area contributed by atoms with Crippen LogP contribution in [0.3, 0.4) is 0 Å². The van der Waals surface area contributed by atoms with Gasteiger partial charge in [-0.3, -0.25) is 24.0 Å². The van der Waals surface area contributed by atoms with Crippen molar-refractivity contribution in [2.45, 2.75) is 97.6 Å². The summed E-state index contributed by atoms with van der Waals surface area (Å²) < 4.78 is 23.2. The van der Waals surface area contributed by atoms with E-state index in [-0.39, 0.29) is 53.3 Å². The number of Topliss-reactive ketones (excluding diaryl/α,β-unsaturated/α-hetero) is 1. The number of methoxy groups -OCH3 is 2. The average Bonchev–Trinajstić information content (AvgIpc) is 3.13. The number of esters is 1. The summed E-state index contributed by atoms with van der Waals surface area (Å²) in [6, 6.07) is 8.26. The number of allylic oxidation sites excluding steroid dienone is 4. The monoisotopic (exact) mass is 747 g/mol. The lowest BCUT2D eigenvalue weighted by molar-refractivity contribution is -0.160. The van der Waals surface area contributed by atoms with Crippen molar-refractivity contribution < 1.29 is 47.7 Å². The van der Waals surface area contributed by atoms with Crippen LogP contribution in [0.25, 0.3) is 0 Å². The number of ketones is 2. The number of amides is 3. The van der Waals surface area contributed by atoms with E-state index in [4.69, 9.17) is 24.7 Å². The summed E-state index contributed by atoms with van der Waals surface area (Å²) in [6.45, 7) is 8.97. The van der Waals surface area contributed by atoms with Crippen LogP contribution in [-0.4, -0.2) is 74.1 Å². The van der Waals surface area contributed by atoms with E-state index in [1.54, 1.807) is 49.4 Å². The van der Waals surface area contributed by atoms with Crippen LogP contribution in [0.15, 0.2) is 88.8 Å². The van der Waals surface area contributed by atoms with Crippen molar-refractivity contribution in [3.05, 3.63) is 94.4 Å². The second-order valence-electron chi connectivity index (χ2n) is 13.7. The number of fused-ring (bicyclic) bond motifs is 2. The van der Waals surface area contributed by atoms with Crippen molar-refractivity contribution in [1.82, 2.24) is 10.6 Å². The fourth-order valence-corrected chi connectivity index (χ4v) is 6.40. The number of nitrogens with two attached hydrogens (primary N) is 1. The third-order valence-electron chi connectivity index (χ3n) is 9.29. The maximum atomic E-state index is 14.1. The van der Waals surface area contributed by atoms with E-state index >= 15 is 0 Å². The van der Waals surface area contributed by atoms with Crippen LogP contribution < -0.4 is 16.4 Å². The molecule has 1 heterocycles. The van der Waals surface area contributed by atoms with Crippen LogP contribution in [0, 0.1) is 11.8 Å². The number of rotatable bonds is 10. The summed E-state index contributed by atoms with van der Waals surface area (Å²) >= 11 is 0. The second kappa shape index (κ2) is 20.9. The highest BCUT2D eigenvalue weighted by atomic mass is 16.6. The lowest BCUT2D eigenvalue weighted by Gasteiger charge is -2.32. The lowest BCUT2D eigenvalue weighted by atomic mass is 9.85. The van der Waals surface area contributed by atoms with Crippen LogP contribution in [0.4, 0.5) is 4.79 Å². The summed E-state index contributed by atoms with van der Waals surface area (Å²) in [5, 5.41) is 5.19. The van der Waals surface area contributed by atoms with E-state index in [1.807, 2.05) is 20.8 Å². The van der Waals surface area contributed by atoms with Gasteiger partial charge in [0.05, 0.1) is 17.5 Å². The number of benzene rings is 1. The summed E-state index contributed by atoms with van der Waals surface area (Å²) in [5.41, 5.74) is 6.05. The number of unbranched alkanes of at least 4 members (excludes halogenated alkanes) is 2. The molecule has 0 fully saturated rings. The highest BCUT2D eigenvalue weighted by molar-refractivity contribution is 6.24. The zero-order chi connectivity index (χ0) is 39.9. The van der Waals surface area contributed by atoms with Crippen LogP contribution in [0.5, 0.6) is 0 Å². The minimum Gasteiger partial charge on any atom is -0.459 e. The molecule has 1 aliphatic carbocycles. The van der Waals surface area contributed by atoms with Crippen molar-refractivity contribution in [3.63, 3.8) is 0 Å². The third kappa shape index (κ3) is 12.2. The molecule has 2 aliphatic rings. The molecule has 1 aromatic carbocycles. The Balaban J connectivity index is 2.16. The highest BCUT2D eigenvalue weighted by Crippen LogP contribution is 2.30. The van der Waals surface area contributed by atoms with Crippen LogP contribution in [0.2, 0.25) is 0 Å². The van der Waals surface area contributed by atoms with Crippen molar-refractivity contribution in [1.29, 1.82) is 0 Å². The first-order chi connectivity index (χ1) is 25.7. The first kappa shape index (κ1) is 43.3. The largest absolute Gasteiger partial charge is 0.459 e. The van der Waals surface area contributed by atoms with Gasteiger partial charge in [-0.2, -0.15) is 0 Å². The number of hydrogen-bond acceptors (Lipinski definition) is 10. The van der Waals surface area contributed by atoms with E-state index in [2.05, 4.69) is 10.6 Å². The first-order valence-corrected chi connectivity index (χ1v) is 18.2. The predicted molar refractivity (Wildman–Crippen MR) is 201 cm³/mol. The Kier molecular flexibility index (Phi) is 16.8. The number of carbonyl (C=O) groups is 6. The lowest BCUT2D eigenvalue weighted by Crippen LogP contribution is -2.40. The number of nitrogens with one attached hydrogen (secondary N) is 2. The molecule has 2 bridgehead atoms. The molecule has 0 radical (unpaired) electrons. The zero-order valence-corrected chi connectivity index (χ0v) is 32.1. The minimum atomic E-state index is -1.03. The molecule has 0 aromatic heterocycles. The summed E-state index contributed by atoms with van der Waals surface area (Å²) in [5.74, 6) is -3.80. The SMILES string of the molecule is CCCCCC(=O)O[C@H]1[C@@H](OC)C[C@H](C)CC2=C(NC(=O)c3ccccc3)C(=O)C=C(NC(=O)/C(C)=C/C=C\[C@H](OC)[C@@H](OC(N)=O)/C(C)=C/[C@@H]1C)C2=O. The van der Waals surface area contributed by atoms with Gasteiger partial charge in [0.2, 0.25) is 11.6 Å². The molecular weight excluding hydrogens is 694 g/mol. The van der Waals surface area contributed by atoms with Gasteiger partial charge in [0, 0.05) is 49.3 Å². The Hall–Kier alpha value is -5.14. The maximum absolute atomic E-state index is 14.1. The Morgan fingerprint density at radius 3 is 2.31 bits per heavy atom.